The molecule has 0 radical (unpaired) electrons. The number of thiazole rings is 1. The monoisotopic (exact) mass is 454 g/mol. The van der Waals surface area contributed by atoms with Crippen LogP contribution < -0.4 is 5.32 Å². The number of rotatable bonds is 8. The third-order valence-corrected chi connectivity index (χ3v) is 6.65. The highest BCUT2D eigenvalue weighted by atomic mass is 32.1. The van der Waals surface area contributed by atoms with E-state index in [1.54, 1.807) is 12.3 Å². The smallest absolute Gasteiger partial charge is 0.239 e. The number of nitrogens with one attached hydrogen (secondary N) is 1. The SMILES string of the molecule is CCN(CC)C1CCN(CC(=O)Nc2cc(-c3nccs3)nc(-c3ccc(C)o3)n2)CC1. The number of furan rings is 1. The number of carbonyl (C=O) groups excluding carboxylic acids is 1. The fourth-order valence-corrected chi connectivity index (χ4v) is 4.80. The molecule has 1 N–H and O–H groups in total. The van der Waals surface area contributed by atoms with Crippen LogP contribution in [0.15, 0.2) is 34.2 Å². The Kier molecular flexibility index (Phi) is 7.29. The summed E-state index contributed by atoms with van der Waals surface area (Å²) in [6, 6.07) is 6.09. The Morgan fingerprint density at radius 1 is 1.25 bits per heavy atom. The lowest BCUT2D eigenvalue weighted by atomic mass is 10.0. The second-order valence-electron chi connectivity index (χ2n) is 7.99. The number of anilines is 1. The number of nitrogens with zero attached hydrogens (tertiary/aromatic N) is 5. The predicted molar refractivity (Wildman–Crippen MR) is 127 cm³/mol. The van der Waals surface area contributed by atoms with E-state index in [9.17, 15) is 4.79 Å². The Morgan fingerprint density at radius 3 is 2.66 bits per heavy atom. The molecule has 9 heteroatoms. The van der Waals surface area contributed by atoms with Crippen LogP contribution in [-0.4, -0.2) is 69.4 Å². The van der Waals surface area contributed by atoms with Gasteiger partial charge in [-0.05, 0) is 45.0 Å². The van der Waals surface area contributed by atoms with Gasteiger partial charge in [0, 0.05) is 36.8 Å². The first-order chi connectivity index (χ1) is 15.6. The van der Waals surface area contributed by atoms with Gasteiger partial charge in [0.15, 0.2) is 11.6 Å². The molecule has 0 saturated carbocycles. The summed E-state index contributed by atoms with van der Waals surface area (Å²) in [4.78, 5) is 31.0. The van der Waals surface area contributed by atoms with E-state index in [1.165, 1.54) is 11.3 Å². The van der Waals surface area contributed by atoms with Gasteiger partial charge in [0.05, 0.1) is 6.54 Å². The second kappa shape index (κ2) is 10.3. The van der Waals surface area contributed by atoms with Crippen molar-refractivity contribution < 1.29 is 9.21 Å². The summed E-state index contributed by atoms with van der Waals surface area (Å²) in [6.07, 6.45) is 3.93. The first-order valence-corrected chi connectivity index (χ1v) is 12.1. The lowest BCUT2D eigenvalue weighted by Crippen LogP contribution is -2.46. The molecule has 4 rings (SSSR count). The summed E-state index contributed by atoms with van der Waals surface area (Å²) in [7, 11) is 0. The van der Waals surface area contributed by atoms with Gasteiger partial charge in [0.25, 0.3) is 0 Å². The van der Waals surface area contributed by atoms with Gasteiger partial charge in [0.2, 0.25) is 5.91 Å². The number of aryl methyl sites for hydroxylation is 1. The number of carbonyl (C=O) groups is 1. The van der Waals surface area contributed by atoms with Crippen LogP contribution in [0.3, 0.4) is 0 Å². The predicted octanol–water partition coefficient (Wildman–Crippen LogP) is 3.91. The highest BCUT2D eigenvalue weighted by molar-refractivity contribution is 7.13. The van der Waals surface area contributed by atoms with E-state index in [0.717, 1.165) is 49.8 Å². The van der Waals surface area contributed by atoms with Crippen LogP contribution in [0, 0.1) is 6.92 Å². The first kappa shape index (κ1) is 22.6. The van der Waals surface area contributed by atoms with Crippen LogP contribution in [0.25, 0.3) is 22.3 Å². The largest absolute Gasteiger partial charge is 0.458 e. The van der Waals surface area contributed by atoms with E-state index in [4.69, 9.17) is 4.42 Å². The van der Waals surface area contributed by atoms with Crippen molar-refractivity contribution in [3.8, 4) is 22.3 Å². The molecule has 8 nitrogen and oxygen atoms in total. The van der Waals surface area contributed by atoms with Crippen molar-refractivity contribution in [2.45, 2.75) is 39.7 Å². The quantitative estimate of drug-likeness (QED) is 0.552. The van der Waals surface area contributed by atoms with Crippen molar-refractivity contribution >= 4 is 23.1 Å². The number of piperidine rings is 1. The summed E-state index contributed by atoms with van der Waals surface area (Å²) in [5.74, 6) is 2.16. The molecule has 1 fully saturated rings. The number of amides is 1. The minimum atomic E-state index is -0.0725. The topological polar surface area (TPSA) is 87.4 Å². The molecule has 0 aliphatic carbocycles. The van der Waals surface area contributed by atoms with E-state index < -0.39 is 0 Å². The molecule has 1 amide bonds. The van der Waals surface area contributed by atoms with Gasteiger partial charge < -0.3 is 14.6 Å². The standard InChI is InChI=1S/C23H30N6O2S/c1-4-29(5-2)17-8-11-28(12-9-17)15-21(30)26-20-14-18(23-24-10-13-32-23)25-22(27-20)19-7-6-16(3)31-19/h6-7,10,13-14,17H,4-5,8-9,11-12,15H2,1-3H3,(H,25,26,27,30). The van der Waals surface area contributed by atoms with E-state index in [1.807, 2.05) is 24.4 Å². The fraction of sp³-hybridized carbons (Fsp3) is 0.478. The number of hydrogen-bond acceptors (Lipinski definition) is 8. The maximum Gasteiger partial charge on any atom is 0.239 e. The molecule has 0 aromatic carbocycles. The molecule has 0 bridgehead atoms. The third kappa shape index (κ3) is 5.40. The number of aromatic nitrogens is 3. The van der Waals surface area contributed by atoms with Gasteiger partial charge in [-0.15, -0.1) is 11.3 Å². The minimum absolute atomic E-state index is 0.0725. The second-order valence-corrected chi connectivity index (χ2v) is 8.88. The van der Waals surface area contributed by atoms with Gasteiger partial charge in [0.1, 0.15) is 22.3 Å². The lowest BCUT2D eigenvalue weighted by Gasteiger charge is -2.37. The van der Waals surface area contributed by atoms with Crippen molar-refractivity contribution in [2.75, 3.05) is 38.0 Å². The van der Waals surface area contributed by atoms with Crippen LogP contribution in [0.1, 0.15) is 32.4 Å². The molecule has 0 spiro atoms. The van der Waals surface area contributed by atoms with Crippen LogP contribution in [0.2, 0.25) is 0 Å². The van der Waals surface area contributed by atoms with Crippen LogP contribution in [-0.2, 0) is 4.79 Å². The Hall–Kier alpha value is -2.62. The molecular weight excluding hydrogens is 424 g/mol. The Labute approximate surface area is 192 Å². The Balaban J connectivity index is 1.44. The molecule has 0 unspecified atom stereocenters. The molecule has 170 valence electrons. The Bertz CT molecular complexity index is 1020. The average molecular weight is 455 g/mol. The van der Waals surface area contributed by atoms with Crippen molar-refractivity contribution in [3.63, 3.8) is 0 Å². The first-order valence-electron chi connectivity index (χ1n) is 11.2. The highest BCUT2D eigenvalue weighted by Crippen LogP contribution is 2.27. The molecule has 4 heterocycles. The van der Waals surface area contributed by atoms with Crippen molar-refractivity contribution in [1.29, 1.82) is 0 Å². The molecule has 1 aliphatic heterocycles. The van der Waals surface area contributed by atoms with Crippen molar-refractivity contribution in [3.05, 3.63) is 35.5 Å². The summed E-state index contributed by atoms with van der Waals surface area (Å²) in [5.41, 5.74) is 0.661. The van der Waals surface area contributed by atoms with Gasteiger partial charge in [-0.25, -0.2) is 15.0 Å². The molecule has 1 aliphatic rings. The molecule has 3 aromatic rings. The molecular formula is C23H30N6O2S. The molecule has 0 atom stereocenters. The van der Waals surface area contributed by atoms with E-state index in [-0.39, 0.29) is 5.91 Å². The lowest BCUT2D eigenvalue weighted by molar-refractivity contribution is -0.117. The van der Waals surface area contributed by atoms with Crippen LogP contribution in [0.4, 0.5) is 5.82 Å². The number of hydrogen-bond donors (Lipinski definition) is 1. The molecule has 1 saturated heterocycles. The van der Waals surface area contributed by atoms with Crippen LogP contribution in [0.5, 0.6) is 0 Å². The van der Waals surface area contributed by atoms with E-state index in [2.05, 4.69) is 43.9 Å². The minimum Gasteiger partial charge on any atom is -0.458 e. The zero-order chi connectivity index (χ0) is 22.5. The normalized spacial score (nSPS) is 15.4. The summed E-state index contributed by atoms with van der Waals surface area (Å²) in [5, 5.41) is 5.62. The molecule has 3 aromatic heterocycles. The zero-order valence-electron chi connectivity index (χ0n) is 18.9. The van der Waals surface area contributed by atoms with Gasteiger partial charge in [-0.1, -0.05) is 13.8 Å². The van der Waals surface area contributed by atoms with Gasteiger partial charge in [-0.2, -0.15) is 0 Å². The summed E-state index contributed by atoms with van der Waals surface area (Å²) in [6.45, 7) is 10.7. The van der Waals surface area contributed by atoms with Gasteiger partial charge >= 0.3 is 0 Å². The van der Waals surface area contributed by atoms with E-state index >= 15 is 0 Å². The van der Waals surface area contributed by atoms with Gasteiger partial charge in [-0.3, -0.25) is 9.69 Å². The zero-order valence-corrected chi connectivity index (χ0v) is 19.7. The summed E-state index contributed by atoms with van der Waals surface area (Å²) >= 11 is 1.49. The fourth-order valence-electron chi connectivity index (χ4n) is 4.20. The highest BCUT2D eigenvalue weighted by Gasteiger charge is 2.24. The van der Waals surface area contributed by atoms with Crippen LogP contribution >= 0.6 is 11.3 Å². The number of likely N-dealkylation sites (tertiary alicyclic amines) is 1. The third-order valence-electron chi connectivity index (χ3n) is 5.86. The summed E-state index contributed by atoms with van der Waals surface area (Å²) < 4.78 is 5.70. The maximum absolute atomic E-state index is 12.8. The van der Waals surface area contributed by atoms with Crippen molar-refractivity contribution in [2.24, 2.45) is 0 Å². The Morgan fingerprint density at radius 2 is 2.03 bits per heavy atom. The maximum atomic E-state index is 12.8. The average Bonchev–Trinajstić information content (AvgIpc) is 3.48. The molecule has 32 heavy (non-hydrogen) atoms. The van der Waals surface area contributed by atoms with Crippen molar-refractivity contribution in [1.82, 2.24) is 24.8 Å². The van der Waals surface area contributed by atoms with E-state index in [0.29, 0.717) is 35.7 Å².